The van der Waals surface area contributed by atoms with Gasteiger partial charge >= 0.3 is 0 Å². The van der Waals surface area contributed by atoms with Crippen LogP contribution in [0.2, 0.25) is 0 Å². The van der Waals surface area contributed by atoms with Gasteiger partial charge in [-0.25, -0.2) is 0 Å². The Hall–Kier alpha value is -0.0800. The summed E-state index contributed by atoms with van der Waals surface area (Å²) in [7, 11) is 0. The molecule has 2 heteroatoms. The Morgan fingerprint density at radius 1 is 0.952 bits per heavy atom. The maximum Gasteiger partial charge on any atom is 0.00967 e. The van der Waals surface area contributed by atoms with Gasteiger partial charge in [-0.15, -0.1) is 0 Å². The van der Waals surface area contributed by atoms with Crippen molar-refractivity contribution in [2.45, 2.75) is 79.7 Å². The quantitative estimate of drug-likeness (QED) is 0.707. The molecule has 0 atom stereocenters. The zero-order valence-corrected chi connectivity index (χ0v) is 15.8. The Kier molecular flexibility index (Phi) is 7.19. The number of hydrogen-bond acceptors (Lipinski definition) is 2. The lowest BCUT2D eigenvalue weighted by atomic mass is 9.84. The molecule has 1 fully saturated rings. The molecule has 1 N–H and O–H groups in total. The summed E-state index contributed by atoms with van der Waals surface area (Å²) in [5.41, 5.74) is 0.744. The number of nitrogens with zero attached hydrogens (tertiary/aromatic N) is 1. The third-order valence-corrected chi connectivity index (χ3v) is 4.46. The summed E-state index contributed by atoms with van der Waals surface area (Å²) in [6, 6.07) is 0. The zero-order chi connectivity index (χ0) is 16.1. The van der Waals surface area contributed by atoms with Gasteiger partial charge < -0.3 is 10.2 Å². The van der Waals surface area contributed by atoms with Crippen molar-refractivity contribution in [3.63, 3.8) is 0 Å². The molecule has 0 aliphatic heterocycles. The fourth-order valence-corrected chi connectivity index (χ4v) is 3.68. The highest BCUT2D eigenvalue weighted by molar-refractivity contribution is 4.91. The van der Waals surface area contributed by atoms with E-state index in [4.69, 9.17) is 0 Å². The van der Waals surface area contributed by atoms with Crippen LogP contribution in [0, 0.1) is 17.3 Å². The van der Waals surface area contributed by atoms with Gasteiger partial charge in [0.15, 0.2) is 0 Å². The summed E-state index contributed by atoms with van der Waals surface area (Å²) in [5, 5.41) is 3.79. The molecule has 0 saturated heterocycles. The number of hydrogen-bond donors (Lipinski definition) is 1. The smallest absolute Gasteiger partial charge is 0.00967 e. The maximum absolute atomic E-state index is 3.79. The number of rotatable bonds is 8. The van der Waals surface area contributed by atoms with Crippen LogP contribution in [0.1, 0.15) is 74.1 Å². The minimum absolute atomic E-state index is 0.233. The van der Waals surface area contributed by atoms with Crippen molar-refractivity contribution in [1.82, 2.24) is 10.2 Å². The molecule has 2 nitrogen and oxygen atoms in total. The van der Waals surface area contributed by atoms with Gasteiger partial charge in [-0.05, 0) is 50.9 Å². The molecule has 21 heavy (non-hydrogen) atoms. The van der Waals surface area contributed by atoms with Gasteiger partial charge in [-0.1, -0.05) is 40.5 Å². The second kappa shape index (κ2) is 7.97. The Bertz CT molecular complexity index is 272. The average Bonchev–Trinajstić information content (AvgIpc) is 2.73. The van der Waals surface area contributed by atoms with E-state index in [2.05, 4.69) is 58.7 Å². The van der Waals surface area contributed by atoms with Gasteiger partial charge in [0, 0.05) is 31.7 Å². The minimum Gasteiger partial charge on any atom is -0.311 e. The molecule has 0 amide bonds. The van der Waals surface area contributed by atoms with E-state index in [0.29, 0.717) is 5.41 Å². The van der Waals surface area contributed by atoms with Gasteiger partial charge in [0.2, 0.25) is 0 Å². The van der Waals surface area contributed by atoms with E-state index in [0.717, 1.165) is 11.8 Å². The van der Waals surface area contributed by atoms with Crippen molar-refractivity contribution in [3.8, 4) is 0 Å². The molecule has 0 radical (unpaired) electrons. The molecule has 0 aromatic carbocycles. The van der Waals surface area contributed by atoms with Crippen molar-refractivity contribution in [2.24, 2.45) is 17.3 Å². The fourth-order valence-electron chi connectivity index (χ4n) is 3.68. The molecule has 0 aromatic heterocycles. The Balaban J connectivity index is 2.68. The molecule has 0 aromatic rings. The van der Waals surface area contributed by atoms with E-state index < -0.39 is 0 Å². The molecule has 126 valence electrons. The van der Waals surface area contributed by atoms with Gasteiger partial charge in [-0.2, -0.15) is 0 Å². The van der Waals surface area contributed by atoms with Gasteiger partial charge in [-0.3, -0.25) is 0 Å². The van der Waals surface area contributed by atoms with E-state index >= 15 is 0 Å². The van der Waals surface area contributed by atoms with E-state index in [-0.39, 0.29) is 5.54 Å². The van der Waals surface area contributed by atoms with Crippen LogP contribution in [0.3, 0.4) is 0 Å². The van der Waals surface area contributed by atoms with Crippen LogP contribution >= 0.6 is 0 Å². The van der Waals surface area contributed by atoms with Crippen molar-refractivity contribution >= 4 is 0 Å². The minimum atomic E-state index is 0.233. The third kappa shape index (κ3) is 7.65. The summed E-state index contributed by atoms with van der Waals surface area (Å²) >= 11 is 0. The second-order valence-electron chi connectivity index (χ2n) is 9.29. The molecule has 1 aliphatic rings. The first-order valence-electron chi connectivity index (χ1n) is 9.09. The summed E-state index contributed by atoms with van der Waals surface area (Å²) < 4.78 is 0. The van der Waals surface area contributed by atoms with Crippen molar-refractivity contribution in [3.05, 3.63) is 0 Å². The first-order chi connectivity index (χ1) is 9.62. The van der Waals surface area contributed by atoms with E-state index in [1.807, 2.05) is 0 Å². The second-order valence-corrected chi connectivity index (χ2v) is 9.29. The summed E-state index contributed by atoms with van der Waals surface area (Å²) in [6.07, 6.45) is 5.65. The monoisotopic (exact) mass is 296 g/mol. The molecule has 0 heterocycles. The lowest BCUT2D eigenvalue weighted by molar-refractivity contribution is 0.118. The van der Waals surface area contributed by atoms with Crippen molar-refractivity contribution in [1.29, 1.82) is 0 Å². The molecule has 1 rings (SSSR count). The normalized spacial score (nSPS) is 19.1. The van der Waals surface area contributed by atoms with Gasteiger partial charge in [0.05, 0.1) is 0 Å². The predicted octanol–water partition coefficient (Wildman–Crippen LogP) is 4.55. The largest absolute Gasteiger partial charge is 0.311 e. The topological polar surface area (TPSA) is 15.3 Å². The molecule has 0 unspecified atom stereocenters. The Morgan fingerprint density at radius 2 is 1.43 bits per heavy atom. The van der Waals surface area contributed by atoms with E-state index in [1.54, 1.807) is 0 Å². The zero-order valence-electron chi connectivity index (χ0n) is 15.8. The van der Waals surface area contributed by atoms with Gasteiger partial charge in [0.1, 0.15) is 0 Å². The SMILES string of the molecule is CC(C)CN(CC(C)C)CC1(CNC(C)(C)C)CCCC1. The molecule has 1 aliphatic carbocycles. The van der Waals surface area contributed by atoms with Crippen LogP contribution in [0.15, 0.2) is 0 Å². The predicted molar refractivity (Wildman–Crippen MR) is 94.8 cm³/mol. The Morgan fingerprint density at radius 3 is 1.81 bits per heavy atom. The van der Waals surface area contributed by atoms with Crippen LogP contribution in [0.4, 0.5) is 0 Å². The van der Waals surface area contributed by atoms with Crippen LogP contribution in [0.5, 0.6) is 0 Å². The van der Waals surface area contributed by atoms with Crippen LogP contribution in [-0.4, -0.2) is 36.6 Å². The average molecular weight is 297 g/mol. The standard InChI is InChI=1S/C19H40N2/c1-16(2)12-21(13-17(3)4)15-19(10-8-9-11-19)14-20-18(5,6)7/h16-17,20H,8-15H2,1-7H3. The van der Waals surface area contributed by atoms with E-state index in [1.165, 1.54) is 51.9 Å². The van der Waals surface area contributed by atoms with Crippen molar-refractivity contribution < 1.29 is 0 Å². The molecular formula is C19H40N2. The van der Waals surface area contributed by atoms with E-state index in [9.17, 15) is 0 Å². The van der Waals surface area contributed by atoms with Gasteiger partial charge in [0.25, 0.3) is 0 Å². The highest BCUT2D eigenvalue weighted by Crippen LogP contribution is 2.39. The lowest BCUT2D eigenvalue weighted by Gasteiger charge is -2.39. The van der Waals surface area contributed by atoms with Crippen LogP contribution in [-0.2, 0) is 0 Å². The fraction of sp³-hybridized carbons (Fsp3) is 1.00. The van der Waals surface area contributed by atoms with Crippen molar-refractivity contribution in [2.75, 3.05) is 26.2 Å². The summed E-state index contributed by atoms with van der Waals surface area (Å²) in [6.45, 7) is 21.2. The molecule has 1 saturated carbocycles. The summed E-state index contributed by atoms with van der Waals surface area (Å²) in [4.78, 5) is 2.74. The Labute approximate surface area is 134 Å². The first kappa shape index (κ1) is 19.0. The molecular weight excluding hydrogens is 256 g/mol. The van der Waals surface area contributed by atoms with Crippen LogP contribution in [0.25, 0.3) is 0 Å². The summed E-state index contributed by atoms with van der Waals surface area (Å²) in [5.74, 6) is 1.52. The maximum atomic E-state index is 3.79. The lowest BCUT2D eigenvalue weighted by Crippen LogP contribution is -2.49. The molecule has 0 bridgehead atoms. The molecule has 0 spiro atoms. The third-order valence-electron chi connectivity index (χ3n) is 4.46. The highest BCUT2D eigenvalue weighted by atomic mass is 15.1. The first-order valence-corrected chi connectivity index (χ1v) is 9.09. The number of nitrogens with one attached hydrogen (secondary N) is 1. The highest BCUT2D eigenvalue weighted by Gasteiger charge is 2.36. The van der Waals surface area contributed by atoms with Crippen LogP contribution < -0.4 is 5.32 Å².